The van der Waals surface area contributed by atoms with Crippen LogP contribution in [0.15, 0.2) is 72.9 Å². The van der Waals surface area contributed by atoms with Crippen LogP contribution in [0.3, 0.4) is 0 Å². The summed E-state index contributed by atoms with van der Waals surface area (Å²) < 4.78 is 40.5. The summed E-state index contributed by atoms with van der Waals surface area (Å²) in [6, 6.07) is 19.0. The quantitative estimate of drug-likeness (QED) is 0.588. The van der Waals surface area contributed by atoms with Crippen molar-refractivity contribution in [3.8, 4) is 0 Å². The molecule has 1 atom stereocenters. The molecule has 0 unspecified atom stereocenters. The molecule has 4 rings (SSSR count). The number of thiocarbonyl (C=S) groups is 1. The highest BCUT2D eigenvalue weighted by Gasteiger charge is 2.31. The van der Waals surface area contributed by atoms with Crippen LogP contribution in [0.4, 0.5) is 18.9 Å². The molecule has 1 aromatic heterocycles. The van der Waals surface area contributed by atoms with Gasteiger partial charge in [-0.25, -0.2) is 0 Å². The van der Waals surface area contributed by atoms with E-state index in [0.717, 1.165) is 29.9 Å². The maximum absolute atomic E-state index is 12.8. The Bertz CT molecular complexity index is 965. The minimum absolute atomic E-state index is 0.0561. The number of nitrogens with zero attached hydrogens (tertiary/aromatic N) is 2. The van der Waals surface area contributed by atoms with Gasteiger partial charge in [-0.2, -0.15) is 13.2 Å². The number of rotatable bonds is 2. The third-order valence-electron chi connectivity index (χ3n) is 4.88. The first-order valence-corrected chi connectivity index (χ1v) is 9.29. The van der Waals surface area contributed by atoms with Gasteiger partial charge in [-0.1, -0.05) is 30.3 Å². The van der Waals surface area contributed by atoms with Crippen LogP contribution in [0.25, 0.3) is 0 Å². The lowest BCUT2D eigenvalue weighted by Gasteiger charge is -2.39. The normalized spacial score (nSPS) is 16.5. The van der Waals surface area contributed by atoms with Crippen LogP contribution in [0.2, 0.25) is 0 Å². The molecule has 0 spiro atoms. The van der Waals surface area contributed by atoms with Crippen molar-refractivity contribution in [3.05, 3.63) is 89.7 Å². The van der Waals surface area contributed by atoms with E-state index in [-0.39, 0.29) is 6.04 Å². The topological polar surface area (TPSA) is 20.2 Å². The molecule has 1 aliphatic rings. The van der Waals surface area contributed by atoms with Crippen molar-refractivity contribution in [1.29, 1.82) is 0 Å². The smallest absolute Gasteiger partial charge is 0.348 e. The van der Waals surface area contributed by atoms with Gasteiger partial charge >= 0.3 is 6.18 Å². The highest BCUT2D eigenvalue weighted by atomic mass is 32.1. The number of fused-ring (bicyclic) bond motifs is 1. The Morgan fingerprint density at radius 3 is 2.32 bits per heavy atom. The van der Waals surface area contributed by atoms with E-state index in [1.54, 1.807) is 0 Å². The zero-order valence-corrected chi connectivity index (χ0v) is 15.7. The molecule has 0 amide bonds. The number of anilines is 1. The standard InChI is InChI=1S/C21H18F3N3S/c22-21(23,24)16-8-10-17(11-9-16)25-20(28)27-14-13-26-12-4-7-18(26)19(27)15-5-2-1-3-6-15/h1-12,19H,13-14H2,(H,25,28)/t19-/m1/s1. The number of alkyl halides is 3. The second-order valence-electron chi connectivity index (χ2n) is 6.64. The average molecular weight is 401 g/mol. The van der Waals surface area contributed by atoms with Gasteiger partial charge in [-0.05, 0) is 54.2 Å². The fourth-order valence-corrected chi connectivity index (χ4v) is 3.84. The van der Waals surface area contributed by atoms with Crippen molar-refractivity contribution in [1.82, 2.24) is 9.47 Å². The molecule has 3 nitrogen and oxygen atoms in total. The van der Waals surface area contributed by atoms with Crippen LogP contribution in [-0.2, 0) is 12.7 Å². The Hall–Kier alpha value is -2.80. The summed E-state index contributed by atoms with van der Waals surface area (Å²) in [5, 5.41) is 3.58. The molecule has 1 N–H and O–H groups in total. The maximum Gasteiger partial charge on any atom is 0.416 e. The van der Waals surface area contributed by atoms with Gasteiger partial charge in [0.15, 0.2) is 5.11 Å². The Balaban J connectivity index is 1.59. The van der Waals surface area contributed by atoms with E-state index in [2.05, 4.69) is 39.2 Å². The molecular weight excluding hydrogens is 383 g/mol. The molecule has 28 heavy (non-hydrogen) atoms. The van der Waals surface area contributed by atoms with Crippen LogP contribution >= 0.6 is 12.2 Å². The monoisotopic (exact) mass is 401 g/mol. The first-order valence-electron chi connectivity index (χ1n) is 8.88. The van der Waals surface area contributed by atoms with Crippen molar-refractivity contribution in [2.45, 2.75) is 18.8 Å². The van der Waals surface area contributed by atoms with Crippen molar-refractivity contribution in [2.24, 2.45) is 0 Å². The van der Waals surface area contributed by atoms with Crippen LogP contribution in [-0.4, -0.2) is 21.1 Å². The molecule has 2 heterocycles. The maximum atomic E-state index is 12.8. The van der Waals surface area contributed by atoms with Gasteiger partial charge in [-0.15, -0.1) is 0 Å². The average Bonchev–Trinajstić information content (AvgIpc) is 3.16. The minimum Gasteiger partial charge on any atom is -0.348 e. The molecule has 0 fully saturated rings. The van der Waals surface area contributed by atoms with Gasteiger partial charge < -0.3 is 14.8 Å². The zero-order valence-electron chi connectivity index (χ0n) is 14.9. The zero-order chi connectivity index (χ0) is 19.7. The van der Waals surface area contributed by atoms with Crippen LogP contribution in [0.1, 0.15) is 22.9 Å². The predicted molar refractivity (Wildman–Crippen MR) is 107 cm³/mol. The van der Waals surface area contributed by atoms with Gasteiger partial charge in [0.1, 0.15) is 0 Å². The fourth-order valence-electron chi connectivity index (χ4n) is 3.53. The van der Waals surface area contributed by atoms with Crippen LogP contribution in [0.5, 0.6) is 0 Å². The van der Waals surface area contributed by atoms with Gasteiger partial charge in [0.25, 0.3) is 0 Å². The molecule has 0 saturated heterocycles. The Morgan fingerprint density at radius 2 is 1.64 bits per heavy atom. The fraction of sp³-hybridized carbons (Fsp3) is 0.190. The number of aromatic nitrogens is 1. The predicted octanol–water partition coefficient (Wildman–Crippen LogP) is 5.31. The Kier molecular flexibility index (Phi) is 4.85. The van der Waals surface area contributed by atoms with Gasteiger partial charge in [0, 0.05) is 30.7 Å². The van der Waals surface area contributed by atoms with E-state index in [4.69, 9.17) is 12.2 Å². The lowest BCUT2D eigenvalue weighted by Crippen LogP contribution is -2.44. The molecule has 0 bridgehead atoms. The highest BCUT2D eigenvalue weighted by molar-refractivity contribution is 7.80. The molecule has 0 saturated carbocycles. The van der Waals surface area contributed by atoms with Crippen LogP contribution in [0, 0.1) is 0 Å². The van der Waals surface area contributed by atoms with Gasteiger partial charge in [-0.3, -0.25) is 0 Å². The summed E-state index contributed by atoms with van der Waals surface area (Å²) in [5.74, 6) is 0. The minimum atomic E-state index is -4.35. The van der Waals surface area contributed by atoms with Gasteiger partial charge in [0.05, 0.1) is 11.6 Å². The summed E-state index contributed by atoms with van der Waals surface area (Å²) in [7, 11) is 0. The number of benzene rings is 2. The van der Waals surface area contributed by atoms with Crippen molar-refractivity contribution in [3.63, 3.8) is 0 Å². The SMILES string of the molecule is FC(F)(F)c1ccc(NC(=S)N2CCn3cccc3[C@H]2c2ccccc2)cc1. The van der Waals surface area contributed by atoms with E-state index in [9.17, 15) is 13.2 Å². The van der Waals surface area contributed by atoms with E-state index in [0.29, 0.717) is 17.3 Å². The molecule has 2 aromatic carbocycles. The lowest BCUT2D eigenvalue weighted by molar-refractivity contribution is -0.137. The molecule has 1 aliphatic heterocycles. The van der Waals surface area contributed by atoms with Crippen molar-refractivity contribution < 1.29 is 13.2 Å². The molecule has 3 aromatic rings. The largest absolute Gasteiger partial charge is 0.416 e. The summed E-state index contributed by atoms with van der Waals surface area (Å²) >= 11 is 5.63. The highest BCUT2D eigenvalue weighted by Crippen LogP contribution is 2.33. The number of halogens is 3. The molecule has 7 heteroatoms. The molecule has 144 valence electrons. The summed E-state index contributed by atoms with van der Waals surface area (Å²) in [6.07, 6.45) is -2.30. The lowest BCUT2D eigenvalue weighted by atomic mass is 10.0. The van der Waals surface area contributed by atoms with Crippen LogP contribution < -0.4 is 5.32 Å². The van der Waals surface area contributed by atoms with E-state index in [1.807, 2.05) is 24.3 Å². The first kappa shape index (κ1) is 18.6. The van der Waals surface area contributed by atoms with Crippen molar-refractivity contribution >= 4 is 23.0 Å². The van der Waals surface area contributed by atoms with E-state index >= 15 is 0 Å². The van der Waals surface area contributed by atoms with Gasteiger partial charge in [0.2, 0.25) is 0 Å². The molecule has 0 radical (unpaired) electrons. The molecular formula is C21H18F3N3S. The van der Waals surface area contributed by atoms with Crippen molar-refractivity contribution in [2.75, 3.05) is 11.9 Å². The number of nitrogens with one attached hydrogen (secondary N) is 1. The number of hydrogen-bond donors (Lipinski definition) is 1. The third kappa shape index (κ3) is 3.62. The summed E-state index contributed by atoms with van der Waals surface area (Å²) in [4.78, 5) is 2.08. The summed E-state index contributed by atoms with van der Waals surface area (Å²) in [5.41, 5.74) is 2.10. The Morgan fingerprint density at radius 1 is 0.929 bits per heavy atom. The molecule has 0 aliphatic carbocycles. The van der Waals surface area contributed by atoms with E-state index < -0.39 is 11.7 Å². The first-order chi connectivity index (χ1) is 13.4. The Labute approximate surface area is 166 Å². The third-order valence-corrected chi connectivity index (χ3v) is 5.21. The second kappa shape index (κ2) is 7.31. The summed E-state index contributed by atoms with van der Waals surface area (Å²) in [6.45, 7) is 1.49. The number of hydrogen-bond acceptors (Lipinski definition) is 1. The second-order valence-corrected chi connectivity index (χ2v) is 7.03. The van der Waals surface area contributed by atoms with E-state index in [1.165, 1.54) is 12.1 Å².